The predicted molar refractivity (Wildman–Crippen MR) is 99.3 cm³/mol. The Morgan fingerprint density at radius 2 is 1.85 bits per heavy atom. The number of hydrogen-bond donors (Lipinski definition) is 1. The Kier molecular flexibility index (Phi) is 5.70. The molecule has 1 aliphatic heterocycles. The minimum Gasteiger partial charge on any atom is -0.383 e. The monoisotopic (exact) mass is 365 g/mol. The Morgan fingerprint density at radius 1 is 1.15 bits per heavy atom. The van der Waals surface area contributed by atoms with Crippen molar-refractivity contribution in [2.24, 2.45) is 5.92 Å². The fourth-order valence-corrected chi connectivity index (χ4v) is 3.71. The smallest absolute Gasteiger partial charge is 0.383 e. The van der Waals surface area contributed by atoms with Crippen LogP contribution in [0.2, 0.25) is 0 Å². The van der Waals surface area contributed by atoms with E-state index in [0.29, 0.717) is 29.7 Å². The molecule has 1 aromatic carbocycles. The van der Waals surface area contributed by atoms with Gasteiger partial charge in [-0.3, -0.25) is 4.90 Å². The molecule has 3 nitrogen and oxygen atoms in total. The van der Waals surface area contributed by atoms with Gasteiger partial charge in [-0.1, -0.05) is 32.0 Å². The number of rotatable bonds is 6. The van der Waals surface area contributed by atoms with E-state index in [1.807, 2.05) is 12.1 Å². The van der Waals surface area contributed by atoms with Gasteiger partial charge >= 0.3 is 6.18 Å². The minimum absolute atomic E-state index is 0.332. The van der Waals surface area contributed by atoms with Crippen molar-refractivity contribution >= 4 is 16.6 Å². The molecule has 1 fully saturated rings. The number of para-hydroxylation sites is 1. The number of fused-ring (bicyclic) bond motifs is 1. The van der Waals surface area contributed by atoms with Gasteiger partial charge in [-0.25, -0.2) is 4.98 Å². The second-order valence-electron chi connectivity index (χ2n) is 7.48. The summed E-state index contributed by atoms with van der Waals surface area (Å²) in [5.74, 6) is 0.544. The molecule has 1 aliphatic rings. The summed E-state index contributed by atoms with van der Waals surface area (Å²) in [6, 6.07) is 8.46. The van der Waals surface area contributed by atoms with E-state index < -0.39 is 11.9 Å². The standard InChI is InChI=1S/C20H26F3N3/c1-14(2)11-15(26-9-5-6-10-26)13-24-18-12-19(20(21,22)23)25-17-8-4-3-7-16(17)18/h3-4,7-8,12,14-15H,5-6,9-11,13H2,1-2H3,(H,24,25)/t15-/m1/s1. The highest BCUT2D eigenvalue weighted by Crippen LogP contribution is 2.33. The molecule has 0 radical (unpaired) electrons. The molecule has 0 saturated carbocycles. The quantitative estimate of drug-likeness (QED) is 0.765. The van der Waals surface area contributed by atoms with Crippen molar-refractivity contribution in [3.05, 3.63) is 36.0 Å². The molecule has 0 spiro atoms. The zero-order valence-electron chi connectivity index (χ0n) is 15.3. The van der Waals surface area contributed by atoms with Crippen LogP contribution in [-0.2, 0) is 6.18 Å². The third-order valence-corrected chi connectivity index (χ3v) is 4.94. The minimum atomic E-state index is -4.45. The van der Waals surface area contributed by atoms with Crippen LogP contribution in [0.15, 0.2) is 30.3 Å². The number of likely N-dealkylation sites (tertiary alicyclic amines) is 1. The van der Waals surface area contributed by atoms with Crippen LogP contribution in [0.1, 0.15) is 38.8 Å². The van der Waals surface area contributed by atoms with Gasteiger partial charge in [0.15, 0.2) is 0 Å². The molecule has 1 saturated heterocycles. The van der Waals surface area contributed by atoms with Crippen molar-refractivity contribution in [2.45, 2.75) is 45.3 Å². The molecule has 2 heterocycles. The van der Waals surface area contributed by atoms with Gasteiger partial charge in [-0.05, 0) is 50.4 Å². The predicted octanol–water partition coefficient (Wildman–Crippen LogP) is 5.18. The summed E-state index contributed by atoms with van der Waals surface area (Å²) in [6.07, 6.45) is -1.02. The molecular formula is C20H26F3N3. The highest BCUT2D eigenvalue weighted by molar-refractivity contribution is 5.91. The van der Waals surface area contributed by atoms with Crippen molar-refractivity contribution in [1.82, 2.24) is 9.88 Å². The second-order valence-corrected chi connectivity index (χ2v) is 7.48. The zero-order valence-corrected chi connectivity index (χ0v) is 15.3. The van der Waals surface area contributed by atoms with Gasteiger partial charge in [0.05, 0.1) is 5.52 Å². The van der Waals surface area contributed by atoms with Gasteiger partial charge < -0.3 is 5.32 Å². The largest absolute Gasteiger partial charge is 0.433 e. The van der Waals surface area contributed by atoms with Gasteiger partial charge in [0.2, 0.25) is 0 Å². The summed E-state index contributed by atoms with van der Waals surface area (Å²) in [5, 5.41) is 4.03. The van der Waals surface area contributed by atoms with Gasteiger partial charge in [0.25, 0.3) is 0 Å². The van der Waals surface area contributed by atoms with Crippen LogP contribution < -0.4 is 5.32 Å². The Hall–Kier alpha value is -1.82. The van der Waals surface area contributed by atoms with Crippen LogP contribution in [0.25, 0.3) is 10.9 Å². The lowest BCUT2D eigenvalue weighted by atomic mass is 10.0. The van der Waals surface area contributed by atoms with Crippen molar-refractivity contribution in [1.29, 1.82) is 0 Å². The van der Waals surface area contributed by atoms with Crippen LogP contribution in [-0.4, -0.2) is 35.6 Å². The number of anilines is 1. The third kappa shape index (κ3) is 4.47. The fourth-order valence-electron chi connectivity index (χ4n) is 3.71. The average molecular weight is 365 g/mol. The van der Waals surface area contributed by atoms with E-state index in [4.69, 9.17) is 0 Å². The lowest BCUT2D eigenvalue weighted by Crippen LogP contribution is -2.39. The molecule has 1 aromatic heterocycles. The number of hydrogen-bond acceptors (Lipinski definition) is 3. The maximum absolute atomic E-state index is 13.2. The molecule has 3 rings (SSSR count). The lowest BCUT2D eigenvalue weighted by molar-refractivity contribution is -0.140. The molecule has 1 atom stereocenters. The molecule has 1 N–H and O–H groups in total. The third-order valence-electron chi connectivity index (χ3n) is 4.94. The highest BCUT2D eigenvalue weighted by Gasteiger charge is 2.33. The summed E-state index contributed by atoms with van der Waals surface area (Å²) in [6.45, 7) is 7.16. The summed E-state index contributed by atoms with van der Waals surface area (Å²) in [4.78, 5) is 6.24. The highest BCUT2D eigenvalue weighted by atomic mass is 19.4. The van der Waals surface area contributed by atoms with Crippen molar-refractivity contribution in [3.8, 4) is 0 Å². The second kappa shape index (κ2) is 7.82. The van der Waals surface area contributed by atoms with E-state index >= 15 is 0 Å². The molecule has 0 unspecified atom stereocenters. The number of nitrogens with zero attached hydrogens (tertiary/aromatic N) is 2. The molecule has 6 heteroatoms. The lowest BCUT2D eigenvalue weighted by Gasteiger charge is -2.29. The number of benzene rings is 1. The van der Waals surface area contributed by atoms with Gasteiger partial charge in [-0.15, -0.1) is 0 Å². The summed E-state index contributed by atoms with van der Waals surface area (Å²) >= 11 is 0. The van der Waals surface area contributed by atoms with Crippen molar-refractivity contribution in [3.63, 3.8) is 0 Å². The number of halogens is 3. The van der Waals surface area contributed by atoms with E-state index in [9.17, 15) is 13.2 Å². The number of aromatic nitrogens is 1. The van der Waals surface area contributed by atoms with Crippen LogP contribution in [0.3, 0.4) is 0 Å². The SMILES string of the molecule is CC(C)C[C@H](CNc1cc(C(F)(F)F)nc2ccccc12)N1CCCC1. The normalized spacial score (nSPS) is 17.2. The van der Waals surface area contributed by atoms with E-state index in [1.165, 1.54) is 12.8 Å². The van der Waals surface area contributed by atoms with E-state index in [-0.39, 0.29) is 0 Å². The van der Waals surface area contributed by atoms with Gasteiger partial charge in [0.1, 0.15) is 5.69 Å². The van der Waals surface area contributed by atoms with Crippen LogP contribution in [0.4, 0.5) is 18.9 Å². The first-order valence-corrected chi connectivity index (χ1v) is 9.29. The first-order chi connectivity index (χ1) is 12.3. The molecule has 0 aliphatic carbocycles. The Balaban J connectivity index is 1.86. The average Bonchev–Trinajstić information content (AvgIpc) is 3.11. The topological polar surface area (TPSA) is 28.2 Å². The first kappa shape index (κ1) is 19.0. The maximum Gasteiger partial charge on any atom is 0.433 e. The van der Waals surface area contributed by atoms with Gasteiger partial charge in [0, 0.05) is 23.7 Å². The van der Waals surface area contributed by atoms with Gasteiger partial charge in [-0.2, -0.15) is 13.2 Å². The molecule has 0 bridgehead atoms. The number of alkyl halides is 3. The van der Waals surface area contributed by atoms with Crippen LogP contribution >= 0.6 is 0 Å². The molecule has 142 valence electrons. The van der Waals surface area contributed by atoms with E-state index in [1.54, 1.807) is 12.1 Å². The number of nitrogens with one attached hydrogen (secondary N) is 1. The Bertz CT molecular complexity index is 737. The molecule has 26 heavy (non-hydrogen) atoms. The number of pyridine rings is 1. The van der Waals surface area contributed by atoms with Crippen LogP contribution in [0.5, 0.6) is 0 Å². The Labute approximate surface area is 152 Å². The summed E-state index contributed by atoms with van der Waals surface area (Å²) in [7, 11) is 0. The molecular weight excluding hydrogens is 339 g/mol. The molecule has 2 aromatic rings. The Morgan fingerprint density at radius 3 is 2.50 bits per heavy atom. The van der Waals surface area contributed by atoms with E-state index in [2.05, 4.69) is 29.0 Å². The molecule has 0 amide bonds. The van der Waals surface area contributed by atoms with Crippen LogP contribution in [0, 0.1) is 5.92 Å². The first-order valence-electron chi connectivity index (χ1n) is 9.29. The zero-order chi connectivity index (χ0) is 18.7. The van der Waals surface area contributed by atoms with E-state index in [0.717, 1.165) is 31.0 Å². The summed E-state index contributed by atoms with van der Waals surface area (Å²) < 4.78 is 39.6. The van der Waals surface area contributed by atoms with Crippen molar-refractivity contribution in [2.75, 3.05) is 25.0 Å². The van der Waals surface area contributed by atoms with Crippen molar-refractivity contribution < 1.29 is 13.2 Å². The fraction of sp³-hybridized carbons (Fsp3) is 0.550. The summed E-state index contributed by atoms with van der Waals surface area (Å²) in [5.41, 5.74) is 0.0302. The maximum atomic E-state index is 13.2.